The smallest absolute Gasteiger partial charge is 0.251 e. The molecule has 5 heteroatoms. The van der Waals surface area contributed by atoms with Crippen LogP contribution in [-0.2, 0) is 22.6 Å². The average molecular weight is 354 g/mol. The zero-order valence-corrected chi connectivity index (χ0v) is 15.2. The number of carbonyl (C=O) groups is 1. The van der Waals surface area contributed by atoms with Crippen molar-refractivity contribution in [3.63, 3.8) is 0 Å². The zero-order valence-electron chi connectivity index (χ0n) is 15.2. The van der Waals surface area contributed by atoms with Crippen LogP contribution in [0, 0.1) is 0 Å². The number of morpholine rings is 1. The molecule has 3 rings (SSSR count). The standard InChI is InChI=1S/C21H26N2O3/c1-25-16-18-7-9-19(10-8-18)21(24)22-13-20-15-23(11-12-26-20)14-17-5-3-2-4-6-17/h2-10,20H,11-16H2,1H3,(H,22,24). The van der Waals surface area contributed by atoms with Crippen molar-refractivity contribution in [1.29, 1.82) is 0 Å². The first-order valence-electron chi connectivity index (χ1n) is 8.98. The minimum absolute atomic E-state index is 0.0178. The van der Waals surface area contributed by atoms with Gasteiger partial charge in [-0.2, -0.15) is 0 Å². The number of benzene rings is 2. The van der Waals surface area contributed by atoms with Crippen LogP contribution in [0.1, 0.15) is 21.5 Å². The lowest BCUT2D eigenvalue weighted by Crippen LogP contribution is -2.47. The first kappa shape index (κ1) is 18.6. The van der Waals surface area contributed by atoms with Gasteiger partial charge in [0.15, 0.2) is 0 Å². The van der Waals surface area contributed by atoms with Crippen molar-refractivity contribution in [3.8, 4) is 0 Å². The molecule has 138 valence electrons. The molecule has 0 spiro atoms. The molecule has 1 heterocycles. The first-order chi connectivity index (χ1) is 12.7. The molecule has 2 aromatic carbocycles. The summed E-state index contributed by atoms with van der Waals surface area (Å²) in [4.78, 5) is 14.7. The maximum Gasteiger partial charge on any atom is 0.251 e. The maximum atomic E-state index is 12.3. The van der Waals surface area contributed by atoms with Gasteiger partial charge in [0, 0.05) is 38.9 Å². The summed E-state index contributed by atoms with van der Waals surface area (Å²) in [6.07, 6.45) is 0.0178. The van der Waals surface area contributed by atoms with Crippen LogP contribution in [0.25, 0.3) is 0 Å². The number of nitrogens with one attached hydrogen (secondary N) is 1. The summed E-state index contributed by atoms with van der Waals surface area (Å²) in [6, 6.07) is 17.9. The molecule has 1 aliphatic rings. The third-order valence-corrected chi connectivity index (χ3v) is 4.49. The van der Waals surface area contributed by atoms with Crippen molar-refractivity contribution >= 4 is 5.91 Å². The molecule has 5 nitrogen and oxygen atoms in total. The second-order valence-electron chi connectivity index (χ2n) is 6.55. The normalized spacial score (nSPS) is 17.8. The van der Waals surface area contributed by atoms with E-state index in [0.29, 0.717) is 25.3 Å². The lowest BCUT2D eigenvalue weighted by atomic mass is 10.1. The SMILES string of the molecule is COCc1ccc(C(=O)NCC2CN(Cc3ccccc3)CCO2)cc1. The fraction of sp³-hybridized carbons (Fsp3) is 0.381. The quantitative estimate of drug-likeness (QED) is 0.830. The van der Waals surface area contributed by atoms with E-state index >= 15 is 0 Å². The van der Waals surface area contributed by atoms with Gasteiger partial charge in [0.2, 0.25) is 0 Å². The Balaban J connectivity index is 1.47. The van der Waals surface area contributed by atoms with Crippen LogP contribution >= 0.6 is 0 Å². The van der Waals surface area contributed by atoms with E-state index in [9.17, 15) is 4.79 Å². The van der Waals surface area contributed by atoms with Gasteiger partial charge in [0.05, 0.1) is 19.3 Å². The molecule has 0 saturated carbocycles. The molecule has 0 aliphatic carbocycles. The molecule has 1 atom stereocenters. The Labute approximate surface area is 154 Å². The second-order valence-corrected chi connectivity index (χ2v) is 6.55. The van der Waals surface area contributed by atoms with Crippen LogP contribution in [0.5, 0.6) is 0 Å². The van der Waals surface area contributed by atoms with Crippen molar-refractivity contribution < 1.29 is 14.3 Å². The molecule has 1 N–H and O–H groups in total. The van der Waals surface area contributed by atoms with Gasteiger partial charge in [-0.15, -0.1) is 0 Å². The molecule has 0 radical (unpaired) electrons. The summed E-state index contributed by atoms with van der Waals surface area (Å²) >= 11 is 0. The molecule has 1 fully saturated rings. The monoisotopic (exact) mass is 354 g/mol. The Hall–Kier alpha value is -2.21. The Morgan fingerprint density at radius 2 is 1.92 bits per heavy atom. The van der Waals surface area contributed by atoms with Crippen LogP contribution in [0.2, 0.25) is 0 Å². The highest BCUT2D eigenvalue weighted by Crippen LogP contribution is 2.11. The van der Waals surface area contributed by atoms with Crippen molar-refractivity contribution in [1.82, 2.24) is 10.2 Å². The number of carbonyl (C=O) groups excluding carboxylic acids is 1. The summed E-state index contributed by atoms with van der Waals surface area (Å²) in [6.45, 7) is 4.41. The van der Waals surface area contributed by atoms with Gasteiger partial charge in [0.25, 0.3) is 5.91 Å². The van der Waals surface area contributed by atoms with Gasteiger partial charge in [-0.1, -0.05) is 42.5 Å². The fourth-order valence-electron chi connectivity index (χ4n) is 3.12. The third-order valence-electron chi connectivity index (χ3n) is 4.49. The fourth-order valence-corrected chi connectivity index (χ4v) is 3.12. The van der Waals surface area contributed by atoms with Crippen LogP contribution in [-0.4, -0.2) is 50.3 Å². The van der Waals surface area contributed by atoms with E-state index in [1.165, 1.54) is 5.56 Å². The number of ether oxygens (including phenoxy) is 2. The topological polar surface area (TPSA) is 50.8 Å². The second kappa shape index (κ2) is 9.48. The lowest BCUT2D eigenvalue weighted by Gasteiger charge is -2.33. The number of hydrogen-bond donors (Lipinski definition) is 1. The summed E-state index contributed by atoms with van der Waals surface area (Å²) in [5.74, 6) is -0.0715. The summed E-state index contributed by atoms with van der Waals surface area (Å²) < 4.78 is 10.9. The van der Waals surface area contributed by atoms with Crippen LogP contribution in [0.3, 0.4) is 0 Å². The molecular weight excluding hydrogens is 328 g/mol. The molecule has 0 aromatic heterocycles. The molecule has 26 heavy (non-hydrogen) atoms. The van der Waals surface area contributed by atoms with Gasteiger partial charge in [-0.05, 0) is 23.3 Å². The lowest BCUT2D eigenvalue weighted by molar-refractivity contribution is -0.0292. The largest absolute Gasteiger partial charge is 0.380 e. The van der Waals surface area contributed by atoms with Crippen LogP contribution in [0.4, 0.5) is 0 Å². The van der Waals surface area contributed by atoms with E-state index in [0.717, 1.165) is 25.2 Å². The first-order valence-corrected chi connectivity index (χ1v) is 8.98. The van der Waals surface area contributed by atoms with E-state index in [-0.39, 0.29) is 12.0 Å². The summed E-state index contributed by atoms with van der Waals surface area (Å²) in [5.41, 5.74) is 3.01. The number of nitrogens with zero attached hydrogens (tertiary/aromatic N) is 1. The molecule has 1 amide bonds. The molecule has 1 saturated heterocycles. The predicted octanol–water partition coefficient (Wildman–Crippen LogP) is 2.46. The van der Waals surface area contributed by atoms with E-state index in [1.54, 1.807) is 7.11 Å². The van der Waals surface area contributed by atoms with Gasteiger partial charge >= 0.3 is 0 Å². The molecule has 2 aromatic rings. The summed E-state index contributed by atoms with van der Waals surface area (Å²) in [5, 5.41) is 2.98. The highest BCUT2D eigenvalue weighted by molar-refractivity contribution is 5.94. The number of rotatable bonds is 7. The van der Waals surface area contributed by atoms with Crippen LogP contribution in [0.15, 0.2) is 54.6 Å². The van der Waals surface area contributed by atoms with Crippen LogP contribution < -0.4 is 5.32 Å². The Morgan fingerprint density at radius 3 is 2.65 bits per heavy atom. The van der Waals surface area contributed by atoms with E-state index in [4.69, 9.17) is 9.47 Å². The average Bonchev–Trinajstić information content (AvgIpc) is 2.68. The molecule has 1 aliphatic heterocycles. The Morgan fingerprint density at radius 1 is 1.15 bits per heavy atom. The number of methoxy groups -OCH3 is 1. The Kier molecular flexibility index (Phi) is 6.77. The van der Waals surface area contributed by atoms with Crippen molar-refractivity contribution in [2.45, 2.75) is 19.3 Å². The number of amides is 1. The molecular formula is C21H26N2O3. The minimum Gasteiger partial charge on any atom is -0.380 e. The van der Waals surface area contributed by atoms with E-state index in [2.05, 4.69) is 34.5 Å². The van der Waals surface area contributed by atoms with Gasteiger partial charge < -0.3 is 14.8 Å². The maximum absolute atomic E-state index is 12.3. The van der Waals surface area contributed by atoms with Crippen molar-refractivity contribution in [2.24, 2.45) is 0 Å². The Bertz CT molecular complexity index is 688. The third kappa shape index (κ3) is 5.39. The van der Waals surface area contributed by atoms with E-state index < -0.39 is 0 Å². The summed E-state index contributed by atoms with van der Waals surface area (Å²) in [7, 11) is 1.66. The van der Waals surface area contributed by atoms with Crippen molar-refractivity contribution in [2.75, 3.05) is 33.4 Å². The zero-order chi connectivity index (χ0) is 18.2. The highest BCUT2D eigenvalue weighted by atomic mass is 16.5. The van der Waals surface area contributed by atoms with Gasteiger partial charge in [0.1, 0.15) is 0 Å². The molecule has 0 bridgehead atoms. The van der Waals surface area contributed by atoms with Crippen molar-refractivity contribution in [3.05, 3.63) is 71.3 Å². The van der Waals surface area contributed by atoms with Gasteiger partial charge in [-0.25, -0.2) is 0 Å². The van der Waals surface area contributed by atoms with E-state index in [1.807, 2.05) is 30.3 Å². The predicted molar refractivity (Wildman–Crippen MR) is 101 cm³/mol. The molecule has 1 unspecified atom stereocenters. The number of hydrogen-bond acceptors (Lipinski definition) is 4. The minimum atomic E-state index is -0.0715. The van der Waals surface area contributed by atoms with Gasteiger partial charge in [-0.3, -0.25) is 9.69 Å². The highest BCUT2D eigenvalue weighted by Gasteiger charge is 2.21.